The van der Waals surface area contributed by atoms with Crippen molar-refractivity contribution in [2.75, 3.05) is 11.9 Å². The van der Waals surface area contributed by atoms with Gasteiger partial charge in [-0.25, -0.2) is 9.78 Å². The minimum absolute atomic E-state index is 0.208. The average Bonchev–Trinajstić information content (AvgIpc) is 3.22. The molecule has 0 aliphatic rings. The highest BCUT2D eigenvalue weighted by atomic mass is 32.2. The van der Waals surface area contributed by atoms with Crippen molar-refractivity contribution in [1.82, 2.24) is 9.97 Å². The summed E-state index contributed by atoms with van der Waals surface area (Å²) in [6.07, 6.45) is 0. The molecule has 0 saturated carbocycles. The molecule has 0 bridgehead atoms. The number of fused-ring (bicyclic) bond motifs is 1. The second-order valence-corrected chi connectivity index (χ2v) is 7.76. The Hall–Kier alpha value is -3.58. The Balaban J connectivity index is 1.34. The monoisotopic (exact) mass is 431 g/mol. The molecule has 31 heavy (non-hydrogen) atoms. The highest BCUT2D eigenvalue weighted by Gasteiger charge is 2.09. The van der Waals surface area contributed by atoms with Gasteiger partial charge in [-0.2, -0.15) is 0 Å². The molecule has 1 heterocycles. The first-order valence-corrected chi connectivity index (χ1v) is 10.9. The van der Waals surface area contributed by atoms with Gasteiger partial charge in [0.2, 0.25) is 0 Å². The van der Waals surface area contributed by atoms with Gasteiger partial charge in [-0.3, -0.25) is 4.79 Å². The summed E-state index contributed by atoms with van der Waals surface area (Å²) >= 11 is 1.62. The van der Waals surface area contributed by atoms with E-state index in [-0.39, 0.29) is 11.9 Å². The molecule has 156 valence electrons. The van der Waals surface area contributed by atoms with Crippen LogP contribution in [0.15, 0.2) is 78.0 Å². The van der Waals surface area contributed by atoms with Gasteiger partial charge in [0.05, 0.1) is 23.2 Å². The van der Waals surface area contributed by atoms with Crippen molar-refractivity contribution in [2.24, 2.45) is 0 Å². The lowest BCUT2D eigenvalue weighted by molar-refractivity contribution is 0.0526. The molecule has 6 nitrogen and oxygen atoms in total. The van der Waals surface area contributed by atoms with Crippen LogP contribution in [0.2, 0.25) is 0 Å². The van der Waals surface area contributed by atoms with E-state index in [1.54, 1.807) is 55.1 Å². The van der Waals surface area contributed by atoms with E-state index in [0.717, 1.165) is 27.5 Å². The number of rotatable bonds is 7. The summed E-state index contributed by atoms with van der Waals surface area (Å²) in [5, 5.41) is 3.71. The van der Waals surface area contributed by atoms with E-state index in [0.29, 0.717) is 23.4 Å². The number of hydrogen-bond acceptors (Lipinski definition) is 5. The number of hydrogen-bond donors (Lipinski definition) is 2. The second kappa shape index (κ2) is 9.49. The number of aromatic nitrogens is 2. The van der Waals surface area contributed by atoms with Crippen molar-refractivity contribution >= 4 is 40.4 Å². The van der Waals surface area contributed by atoms with Gasteiger partial charge >= 0.3 is 5.97 Å². The first-order chi connectivity index (χ1) is 15.1. The number of amides is 1. The number of anilines is 1. The van der Waals surface area contributed by atoms with Crippen molar-refractivity contribution < 1.29 is 14.3 Å². The number of carbonyl (C=O) groups is 2. The first kappa shape index (κ1) is 20.7. The molecule has 1 amide bonds. The molecule has 0 spiro atoms. The standard InChI is InChI=1S/C24H21N3O3S/c1-2-30-23(29)18-11-13-19(14-12-18)25-22(28)17-9-7-16(8-10-17)15-31-24-26-20-5-3-4-6-21(20)27-24/h3-14H,2,15H2,1H3,(H,25,28)(H,26,27). The zero-order valence-electron chi connectivity index (χ0n) is 16.9. The average molecular weight is 432 g/mol. The maximum Gasteiger partial charge on any atom is 0.338 e. The molecule has 0 unspecified atom stereocenters. The van der Waals surface area contributed by atoms with Crippen LogP contribution in [0.3, 0.4) is 0 Å². The van der Waals surface area contributed by atoms with E-state index < -0.39 is 0 Å². The molecule has 1 aromatic heterocycles. The van der Waals surface area contributed by atoms with Crippen molar-refractivity contribution in [3.8, 4) is 0 Å². The Labute approximate surface area is 184 Å². The predicted octanol–water partition coefficient (Wildman–Crippen LogP) is 5.28. The Morgan fingerprint density at radius 3 is 2.39 bits per heavy atom. The van der Waals surface area contributed by atoms with Crippen molar-refractivity contribution in [3.63, 3.8) is 0 Å². The smallest absolute Gasteiger partial charge is 0.338 e. The van der Waals surface area contributed by atoms with Crippen LogP contribution in [0.4, 0.5) is 5.69 Å². The number of imidazole rings is 1. The minimum Gasteiger partial charge on any atom is -0.462 e. The van der Waals surface area contributed by atoms with Crippen LogP contribution in [0.25, 0.3) is 11.0 Å². The maximum atomic E-state index is 12.5. The number of para-hydroxylation sites is 2. The molecule has 3 aromatic carbocycles. The van der Waals surface area contributed by atoms with Crippen molar-refractivity contribution in [1.29, 1.82) is 0 Å². The number of aromatic amines is 1. The largest absolute Gasteiger partial charge is 0.462 e. The molecular formula is C24H21N3O3S. The van der Waals surface area contributed by atoms with E-state index in [1.807, 2.05) is 36.4 Å². The number of nitrogens with zero attached hydrogens (tertiary/aromatic N) is 1. The van der Waals surface area contributed by atoms with Crippen molar-refractivity contribution in [3.05, 3.63) is 89.5 Å². The normalized spacial score (nSPS) is 10.7. The maximum absolute atomic E-state index is 12.5. The van der Waals surface area contributed by atoms with Gasteiger partial charge in [0.1, 0.15) is 0 Å². The zero-order valence-corrected chi connectivity index (χ0v) is 17.7. The quantitative estimate of drug-likeness (QED) is 0.307. The van der Waals surface area contributed by atoms with Crippen molar-refractivity contribution in [2.45, 2.75) is 17.8 Å². The Bertz CT molecular complexity index is 1170. The topological polar surface area (TPSA) is 84.1 Å². The summed E-state index contributed by atoms with van der Waals surface area (Å²) < 4.78 is 4.96. The van der Waals surface area contributed by atoms with Crippen LogP contribution in [-0.2, 0) is 10.5 Å². The molecule has 4 aromatic rings. The zero-order chi connectivity index (χ0) is 21.6. The minimum atomic E-state index is -0.378. The molecule has 0 aliphatic heterocycles. The van der Waals surface area contributed by atoms with Crippen LogP contribution in [0.1, 0.15) is 33.2 Å². The number of carbonyl (C=O) groups excluding carboxylic acids is 2. The molecule has 0 aliphatic carbocycles. The second-order valence-electron chi connectivity index (χ2n) is 6.80. The van der Waals surface area contributed by atoms with Crippen LogP contribution in [0.5, 0.6) is 0 Å². The van der Waals surface area contributed by atoms with Crippen LogP contribution < -0.4 is 5.32 Å². The lowest BCUT2D eigenvalue weighted by atomic mass is 10.1. The van der Waals surface area contributed by atoms with Gasteiger partial charge in [0.25, 0.3) is 5.91 Å². The number of H-pyrrole nitrogens is 1. The number of esters is 1. The number of benzene rings is 3. The van der Waals surface area contributed by atoms with E-state index in [2.05, 4.69) is 15.3 Å². The Kier molecular flexibility index (Phi) is 6.33. The molecule has 7 heteroatoms. The van der Waals surface area contributed by atoms with Crippen LogP contribution in [0, 0.1) is 0 Å². The molecule has 0 saturated heterocycles. The van der Waals surface area contributed by atoms with Gasteiger partial charge in [0, 0.05) is 17.0 Å². The molecular weight excluding hydrogens is 410 g/mol. The fourth-order valence-corrected chi connectivity index (χ4v) is 3.85. The van der Waals surface area contributed by atoms with Gasteiger partial charge < -0.3 is 15.0 Å². The summed E-state index contributed by atoms with van der Waals surface area (Å²) in [4.78, 5) is 32.1. The van der Waals surface area contributed by atoms with Gasteiger partial charge in [-0.1, -0.05) is 36.0 Å². The highest BCUT2D eigenvalue weighted by molar-refractivity contribution is 7.98. The van der Waals surface area contributed by atoms with Gasteiger partial charge in [0.15, 0.2) is 5.16 Å². The summed E-state index contributed by atoms with van der Waals surface area (Å²) in [5.41, 5.74) is 4.70. The third-order valence-electron chi connectivity index (χ3n) is 4.61. The fraction of sp³-hybridized carbons (Fsp3) is 0.125. The Morgan fingerprint density at radius 1 is 0.968 bits per heavy atom. The summed E-state index contributed by atoms with van der Waals surface area (Å²) in [6.45, 7) is 2.08. The lowest BCUT2D eigenvalue weighted by Crippen LogP contribution is -2.12. The number of nitrogens with one attached hydrogen (secondary N) is 2. The number of thioether (sulfide) groups is 1. The highest BCUT2D eigenvalue weighted by Crippen LogP contribution is 2.23. The molecule has 0 fully saturated rings. The third kappa shape index (κ3) is 5.13. The van der Waals surface area contributed by atoms with E-state index in [9.17, 15) is 9.59 Å². The molecule has 0 radical (unpaired) electrons. The van der Waals surface area contributed by atoms with E-state index >= 15 is 0 Å². The van der Waals surface area contributed by atoms with E-state index in [4.69, 9.17) is 4.74 Å². The Morgan fingerprint density at radius 2 is 1.68 bits per heavy atom. The van der Waals surface area contributed by atoms with Gasteiger partial charge in [-0.15, -0.1) is 0 Å². The van der Waals surface area contributed by atoms with Crippen LogP contribution >= 0.6 is 11.8 Å². The third-order valence-corrected chi connectivity index (χ3v) is 5.56. The fourth-order valence-electron chi connectivity index (χ4n) is 3.01. The number of ether oxygens (including phenoxy) is 1. The summed E-state index contributed by atoms with van der Waals surface area (Å²) in [7, 11) is 0. The lowest BCUT2D eigenvalue weighted by Gasteiger charge is -2.07. The summed E-state index contributed by atoms with van der Waals surface area (Å²) in [6, 6.07) is 22.0. The molecule has 2 N–H and O–H groups in total. The summed E-state index contributed by atoms with van der Waals surface area (Å²) in [5.74, 6) is 0.161. The molecule has 4 rings (SSSR count). The van der Waals surface area contributed by atoms with Crippen LogP contribution in [-0.4, -0.2) is 28.5 Å². The SMILES string of the molecule is CCOC(=O)c1ccc(NC(=O)c2ccc(CSc3nc4ccccc4[nH]3)cc2)cc1. The van der Waals surface area contributed by atoms with Gasteiger partial charge in [-0.05, 0) is 61.0 Å². The molecule has 0 atom stereocenters. The van der Waals surface area contributed by atoms with E-state index in [1.165, 1.54) is 0 Å². The first-order valence-electron chi connectivity index (χ1n) is 9.87. The predicted molar refractivity (Wildman–Crippen MR) is 122 cm³/mol.